The second-order valence-corrected chi connectivity index (χ2v) is 6.59. The number of nitrogens with zero attached hydrogens (tertiary/aromatic N) is 1. The third kappa shape index (κ3) is 4.28. The molecule has 0 bridgehead atoms. The van der Waals surface area contributed by atoms with Gasteiger partial charge in [0.25, 0.3) is 5.91 Å². The van der Waals surface area contributed by atoms with Crippen molar-refractivity contribution in [3.8, 4) is 11.1 Å². The molecular weight excluding hydrogens is 326 g/mol. The maximum atomic E-state index is 12.3. The highest BCUT2D eigenvalue weighted by atomic mass is 16.2. The number of imidazole rings is 1. The molecule has 1 atom stereocenters. The van der Waals surface area contributed by atoms with Crippen LogP contribution in [0.5, 0.6) is 0 Å². The van der Waals surface area contributed by atoms with Gasteiger partial charge in [0.05, 0.1) is 11.0 Å². The topological polar surface area (TPSA) is 110 Å². The standard InChI is InChI=1S/C20H25N5O/c1-13-4-2-5-14(10-13)15-7-8-17-18(11-15)25-19(24-17)20(26)23-12-16(22)6-3-9-21/h2,4-5,7-8,10-11,16H,3,6,9,12,21-22H2,1H3,(H,23,26)(H,24,25)/t16-/m0/s1. The Bertz CT molecular complexity index is 902. The number of carbonyl (C=O) groups is 1. The lowest BCUT2D eigenvalue weighted by Crippen LogP contribution is -2.37. The summed E-state index contributed by atoms with van der Waals surface area (Å²) in [5, 5.41) is 2.82. The van der Waals surface area contributed by atoms with E-state index in [1.165, 1.54) is 5.56 Å². The second-order valence-electron chi connectivity index (χ2n) is 6.59. The first-order chi connectivity index (χ1) is 12.6. The van der Waals surface area contributed by atoms with E-state index in [0.717, 1.165) is 35.0 Å². The van der Waals surface area contributed by atoms with Crippen molar-refractivity contribution in [2.45, 2.75) is 25.8 Å². The summed E-state index contributed by atoms with van der Waals surface area (Å²) in [6.07, 6.45) is 1.64. The number of hydrogen-bond donors (Lipinski definition) is 4. The molecule has 2 aromatic carbocycles. The molecule has 0 aliphatic heterocycles. The molecule has 3 rings (SSSR count). The Labute approximate surface area is 153 Å². The summed E-state index contributed by atoms with van der Waals surface area (Å²) in [6.45, 7) is 3.08. The van der Waals surface area contributed by atoms with Gasteiger partial charge in [-0.3, -0.25) is 4.79 Å². The van der Waals surface area contributed by atoms with E-state index in [9.17, 15) is 4.79 Å². The summed E-state index contributed by atoms with van der Waals surface area (Å²) in [5.41, 5.74) is 16.5. The van der Waals surface area contributed by atoms with Crippen LogP contribution in [-0.2, 0) is 0 Å². The van der Waals surface area contributed by atoms with Crippen molar-refractivity contribution in [1.82, 2.24) is 15.3 Å². The van der Waals surface area contributed by atoms with E-state index in [1.54, 1.807) is 0 Å². The van der Waals surface area contributed by atoms with Crippen molar-refractivity contribution >= 4 is 16.9 Å². The monoisotopic (exact) mass is 351 g/mol. The predicted molar refractivity (Wildman–Crippen MR) is 105 cm³/mol. The largest absolute Gasteiger partial charge is 0.348 e. The quantitative estimate of drug-likeness (QED) is 0.523. The number of rotatable bonds is 7. The lowest BCUT2D eigenvalue weighted by Gasteiger charge is -2.11. The normalized spacial score (nSPS) is 12.3. The minimum absolute atomic E-state index is 0.0974. The first-order valence-corrected chi connectivity index (χ1v) is 8.87. The minimum Gasteiger partial charge on any atom is -0.348 e. The molecule has 136 valence electrons. The van der Waals surface area contributed by atoms with Gasteiger partial charge in [-0.2, -0.15) is 0 Å². The average molecular weight is 351 g/mol. The summed E-state index contributed by atoms with van der Waals surface area (Å²) >= 11 is 0. The smallest absolute Gasteiger partial charge is 0.287 e. The maximum Gasteiger partial charge on any atom is 0.287 e. The fraction of sp³-hybridized carbons (Fsp3) is 0.300. The summed E-state index contributed by atoms with van der Waals surface area (Å²) < 4.78 is 0. The molecule has 0 saturated carbocycles. The zero-order valence-corrected chi connectivity index (χ0v) is 15.0. The number of amides is 1. The van der Waals surface area contributed by atoms with Crippen LogP contribution in [0.4, 0.5) is 0 Å². The molecule has 26 heavy (non-hydrogen) atoms. The Kier molecular flexibility index (Phi) is 5.65. The van der Waals surface area contributed by atoms with E-state index >= 15 is 0 Å². The van der Waals surface area contributed by atoms with Gasteiger partial charge in [-0.15, -0.1) is 0 Å². The highest BCUT2D eigenvalue weighted by Crippen LogP contribution is 2.24. The van der Waals surface area contributed by atoms with E-state index in [2.05, 4.69) is 40.4 Å². The second kappa shape index (κ2) is 8.12. The Balaban J connectivity index is 1.74. The Morgan fingerprint density at radius 3 is 2.81 bits per heavy atom. The number of aromatic amines is 1. The molecule has 6 heteroatoms. The van der Waals surface area contributed by atoms with Gasteiger partial charge in [-0.05, 0) is 49.6 Å². The molecule has 3 aromatic rings. The zero-order valence-electron chi connectivity index (χ0n) is 15.0. The molecule has 1 aromatic heterocycles. The van der Waals surface area contributed by atoms with Crippen molar-refractivity contribution in [2.75, 3.05) is 13.1 Å². The van der Waals surface area contributed by atoms with Crippen LogP contribution in [0.1, 0.15) is 29.0 Å². The third-order valence-electron chi connectivity index (χ3n) is 4.35. The average Bonchev–Trinajstić information content (AvgIpc) is 3.07. The van der Waals surface area contributed by atoms with E-state index in [-0.39, 0.29) is 11.9 Å². The number of carbonyl (C=O) groups excluding carboxylic acids is 1. The number of aromatic nitrogens is 2. The Morgan fingerprint density at radius 1 is 1.23 bits per heavy atom. The number of hydrogen-bond acceptors (Lipinski definition) is 4. The van der Waals surface area contributed by atoms with Crippen LogP contribution >= 0.6 is 0 Å². The van der Waals surface area contributed by atoms with Crippen LogP contribution in [0.3, 0.4) is 0 Å². The van der Waals surface area contributed by atoms with Crippen molar-refractivity contribution in [3.05, 3.63) is 53.9 Å². The summed E-state index contributed by atoms with van der Waals surface area (Å²) in [5.74, 6) is 0.0499. The van der Waals surface area contributed by atoms with Crippen LogP contribution in [0.2, 0.25) is 0 Å². The molecule has 1 amide bonds. The van der Waals surface area contributed by atoms with Crippen LogP contribution in [0.25, 0.3) is 22.2 Å². The van der Waals surface area contributed by atoms with Crippen molar-refractivity contribution < 1.29 is 4.79 Å². The molecular formula is C20H25N5O. The summed E-state index contributed by atoms with van der Waals surface area (Å²) in [4.78, 5) is 19.8. The molecule has 0 fully saturated rings. The first kappa shape index (κ1) is 18.1. The highest BCUT2D eigenvalue weighted by Gasteiger charge is 2.13. The van der Waals surface area contributed by atoms with Crippen molar-refractivity contribution in [3.63, 3.8) is 0 Å². The van der Waals surface area contributed by atoms with E-state index in [1.807, 2.05) is 24.3 Å². The van der Waals surface area contributed by atoms with Crippen LogP contribution in [0, 0.1) is 6.92 Å². The third-order valence-corrected chi connectivity index (χ3v) is 4.35. The van der Waals surface area contributed by atoms with E-state index in [4.69, 9.17) is 11.5 Å². The molecule has 6 nitrogen and oxygen atoms in total. The van der Waals surface area contributed by atoms with Crippen molar-refractivity contribution in [2.24, 2.45) is 11.5 Å². The molecule has 1 heterocycles. The van der Waals surface area contributed by atoms with Crippen molar-refractivity contribution in [1.29, 1.82) is 0 Å². The van der Waals surface area contributed by atoms with Gasteiger partial charge < -0.3 is 21.8 Å². The van der Waals surface area contributed by atoms with Gasteiger partial charge >= 0.3 is 0 Å². The lowest BCUT2D eigenvalue weighted by atomic mass is 10.0. The lowest BCUT2D eigenvalue weighted by molar-refractivity contribution is 0.0941. The fourth-order valence-electron chi connectivity index (χ4n) is 2.91. The molecule has 6 N–H and O–H groups in total. The van der Waals surface area contributed by atoms with Gasteiger partial charge in [-0.25, -0.2) is 4.98 Å². The van der Waals surface area contributed by atoms with Gasteiger partial charge in [-0.1, -0.05) is 35.9 Å². The predicted octanol–water partition coefficient (Wildman–Crippen LogP) is 2.33. The van der Waals surface area contributed by atoms with E-state index in [0.29, 0.717) is 18.9 Å². The molecule has 0 aliphatic carbocycles. The summed E-state index contributed by atoms with van der Waals surface area (Å²) in [7, 11) is 0. The number of nitrogens with one attached hydrogen (secondary N) is 2. The zero-order chi connectivity index (χ0) is 18.5. The van der Waals surface area contributed by atoms with E-state index < -0.39 is 0 Å². The van der Waals surface area contributed by atoms with Crippen LogP contribution in [0.15, 0.2) is 42.5 Å². The number of H-pyrrole nitrogens is 1. The fourth-order valence-corrected chi connectivity index (χ4v) is 2.91. The highest BCUT2D eigenvalue weighted by molar-refractivity contribution is 5.94. The minimum atomic E-state index is -0.249. The maximum absolute atomic E-state index is 12.3. The number of aryl methyl sites for hydroxylation is 1. The van der Waals surface area contributed by atoms with Gasteiger partial charge in [0.1, 0.15) is 0 Å². The molecule has 0 radical (unpaired) electrons. The number of benzene rings is 2. The number of fused-ring (bicyclic) bond motifs is 1. The Hall–Kier alpha value is -2.70. The molecule has 0 spiro atoms. The molecule has 0 saturated heterocycles. The Morgan fingerprint density at radius 2 is 2.04 bits per heavy atom. The van der Waals surface area contributed by atoms with Crippen LogP contribution < -0.4 is 16.8 Å². The van der Waals surface area contributed by atoms with Gasteiger partial charge in [0, 0.05) is 12.6 Å². The molecule has 0 aliphatic rings. The van der Waals surface area contributed by atoms with Crippen LogP contribution in [-0.4, -0.2) is 35.0 Å². The first-order valence-electron chi connectivity index (χ1n) is 8.87. The summed E-state index contributed by atoms with van der Waals surface area (Å²) in [6, 6.07) is 14.2. The van der Waals surface area contributed by atoms with Gasteiger partial charge in [0.15, 0.2) is 5.82 Å². The van der Waals surface area contributed by atoms with Gasteiger partial charge in [0.2, 0.25) is 0 Å². The SMILES string of the molecule is Cc1cccc(-c2ccc3nc(C(=O)NC[C@@H](N)CCCN)[nH]c3c2)c1. The number of nitrogens with two attached hydrogens (primary N) is 2. The molecule has 0 unspecified atom stereocenters.